The maximum atomic E-state index is 10.5. The van der Waals surface area contributed by atoms with Crippen molar-refractivity contribution in [3.8, 4) is 0 Å². The minimum absolute atomic E-state index is 0.219. The minimum atomic E-state index is -0.337. The molecule has 4 nitrogen and oxygen atoms in total. The van der Waals surface area contributed by atoms with Crippen LogP contribution in [0.1, 0.15) is 39.2 Å². The molecule has 1 N–H and O–H groups in total. The molecule has 1 aromatic rings. The Bertz CT molecular complexity index is 363. The molecule has 0 spiro atoms. The van der Waals surface area contributed by atoms with Gasteiger partial charge in [0, 0.05) is 24.0 Å². The van der Waals surface area contributed by atoms with Crippen molar-refractivity contribution >= 4 is 16.3 Å². The normalized spacial score (nSPS) is 12.9. The average Bonchev–Trinajstić information content (AvgIpc) is 2.72. The van der Waals surface area contributed by atoms with E-state index >= 15 is 0 Å². The minimum Gasteiger partial charge on any atom is -0.310 e. The van der Waals surface area contributed by atoms with Crippen LogP contribution in [0.15, 0.2) is 11.4 Å². The van der Waals surface area contributed by atoms with E-state index in [-0.39, 0.29) is 9.92 Å². The Morgan fingerprint density at radius 1 is 1.41 bits per heavy atom. The number of nitrogens with one attached hydrogen (secondary N) is 1. The van der Waals surface area contributed by atoms with Crippen LogP contribution in [0.4, 0.5) is 5.00 Å². The van der Waals surface area contributed by atoms with Gasteiger partial charge in [0.05, 0.1) is 4.92 Å². The van der Waals surface area contributed by atoms with Gasteiger partial charge in [-0.05, 0) is 31.2 Å². The zero-order chi connectivity index (χ0) is 12.8. The first kappa shape index (κ1) is 14.1. The van der Waals surface area contributed by atoms with Crippen LogP contribution < -0.4 is 5.32 Å². The Labute approximate surface area is 106 Å². The maximum absolute atomic E-state index is 10.5. The summed E-state index contributed by atoms with van der Waals surface area (Å²) in [6, 6.07) is 2.10. The van der Waals surface area contributed by atoms with Gasteiger partial charge in [0.25, 0.3) is 0 Å². The molecule has 17 heavy (non-hydrogen) atoms. The third-order valence-electron chi connectivity index (χ3n) is 2.65. The van der Waals surface area contributed by atoms with Gasteiger partial charge in [-0.1, -0.05) is 25.2 Å². The molecule has 1 rings (SSSR count). The van der Waals surface area contributed by atoms with Crippen LogP contribution in [0, 0.1) is 16.0 Å². The molecule has 0 amide bonds. The Morgan fingerprint density at radius 3 is 2.65 bits per heavy atom. The number of rotatable bonds is 7. The van der Waals surface area contributed by atoms with E-state index in [0.29, 0.717) is 12.6 Å². The largest absolute Gasteiger partial charge is 0.324 e. The smallest absolute Gasteiger partial charge is 0.310 e. The summed E-state index contributed by atoms with van der Waals surface area (Å²) in [4.78, 5) is 10.2. The zero-order valence-electron chi connectivity index (χ0n) is 10.6. The highest BCUT2D eigenvalue weighted by atomic mass is 32.1. The quantitative estimate of drug-likeness (QED) is 0.599. The number of hydrogen-bond acceptors (Lipinski definition) is 4. The van der Waals surface area contributed by atoms with E-state index in [1.54, 1.807) is 6.07 Å². The molecule has 1 aromatic heterocycles. The van der Waals surface area contributed by atoms with Gasteiger partial charge in [0.15, 0.2) is 0 Å². The molecule has 0 radical (unpaired) electrons. The Hall–Kier alpha value is -0.940. The van der Waals surface area contributed by atoms with Crippen molar-refractivity contribution in [3.63, 3.8) is 0 Å². The number of nitrogens with zero attached hydrogens (tertiary/aromatic N) is 1. The van der Waals surface area contributed by atoms with Crippen molar-refractivity contribution < 1.29 is 4.92 Å². The standard InChI is InChI=1S/C12H20N2O2S/c1-9(2)4-5-10(3)13-7-11-6-12(14(15)16)17-8-11/h6,8-10,13H,4-5,7H2,1-3H3. The van der Waals surface area contributed by atoms with Crippen molar-refractivity contribution in [1.82, 2.24) is 5.32 Å². The van der Waals surface area contributed by atoms with Crippen LogP contribution in [-0.4, -0.2) is 11.0 Å². The van der Waals surface area contributed by atoms with E-state index in [9.17, 15) is 10.1 Å². The van der Waals surface area contributed by atoms with E-state index < -0.39 is 0 Å². The fourth-order valence-corrected chi connectivity index (χ4v) is 2.26. The molecule has 0 aromatic carbocycles. The molecule has 1 heterocycles. The summed E-state index contributed by atoms with van der Waals surface area (Å²) in [6.07, 6.45) is 2.35. The van der Waals surface area contributed by atoms with Crippen LogP contribution in [-0.2, 0) is 6.54 Å². The molecular weight excluding hydrogens is 236 g/mol. The van der Waals surface area contributed by atoms with E-state index in [1.165, 1.54) is 17.8 Å². The highest BCUT2D eigenvalue weighted by Crippen LogP contribution is 2.22. The second kappa shape index (κ2) is 6.71. The molecular formula is C12H20N2O2S. The van der Waals surface area contributed by atoms with Gasteiger partial charge in [-0.15, -0.1) is 0 Å². The summed E-state index contributed by atoms with van der Waals surface area (Å²) in [6.45, 7) is 7.30. The first-order chi connectivity index (χ1) is 7.99. The Kier molecular flexibility index (Phi) is 5.58. The van der Waals surface area contributed by atoms with Crippen LogP contribution in [0.2, 0.25) is 0 Å². The fraction of sp³-hybridized carbons (Fsp3) is 0.667. The number of nitro groups is 1. The van der Waals surface area contributed by atoms with Crippen molar-refractivity contribution in [1.29, 1.82) is 0 Å². The Balaban J connectivity index is 2.31. The second-order valence-corrected chi connectivity index (χ2v) is 5.69. The highest BCUT2D eigenvalue weighted by molar-refractivity contribution is 7.13. The summed E-state index contributed by atoms with van der Waals surface area (Å²) in [5.74, 6) is 0.724. The van der Waals surface area contributed by atoms with Gasteiger partial charge >= 0.3 is 5.00 Å². The van der Waals surface area contributed by atoms with E-state index in [2.05, 4.69) is 26.1 Å². The number of hydrogen-bond donors (Lipinski definition) is 1. The average molecular weight is 256 g/mol. The predicted molar refractivity (Wildman–Crippen MR) is 71.3 cm³/mol. The van der Waals surface area contributed by atoms with Crippen LogP contribution in [0.5, 0.6) is 0 Å². The summed E-state index contributed by atoms with van der Waals surface area (Å²) >= 11 is 1.19. The van der Waals surface area contributed by atoms with Crippen molar-refractivity contribution in [2.75, 3.05) is 0 Å². The molecule has 0 aliphatic carbocycles. The predicted octanol–water partition coefficient (Wildman–Crippen LogP) is 3.57. The van der Waals surface area contributed by atoms with Gasteiger partial charge < -0.3 is 5.32 Å². The summed E-state index contributed by atoms with van der Waals surface area (Å²) in [7, 11) is 0. The van der Waals surface area contributed by atoms with Crippen molar-refractivity contribution in [2.45, 2.75) is 46.2 Å². The molecule has 1 unspecified atom stereocenters. The third-order valence-corrected chi connectivity index (χ3v) is 3.58. The maximum Gasteiger partial charge on any atom is 0.324 e. The van der Waals surface area contributed by atoms with E-state index in [4.69, 9.17) is 0 Å². The SMILES string of the molecule is CC(C)CCC(C)NCc1csc([N+](=O)[O-])c1. The fourth-order valence-electron chi connectivity index (χ4n) is 1.53. The van der Waals surface area contributed by atoms with Crippen LogP contribution in [0.25, 0.3) is 0 Å². The molecule has 1 atom stereocenters. The lowest BCUT2D eigenvalue weighted by Crippen LogP contribution is -2.25. The molecule has 0 bridgehead atoms. The number of thiophene rings is 1. The van der Waals surface area contributed by atoms with Gasteiger partial charge in [-0.3, -0.25) is 10.1 Å². The van der Waals surface area contributed by atoms with Gasteiger partial charge in [-0.25, -0.2) is 0 Å². The molecule has 0 fully saturated rings. The second-order valence-electron chi connectivity index (χ2n) is 4.80. The first-order valence-electron chi connectivity index (χ1n) is 5.94. The monoisotopic (exact) mass is 256 g/mol. The molecule has 0 saturated heterocycles. The first-order valence-corrected chi connectivity index (χ1v) is 6.82. The highest BCUT2D eigenvalue weighted by Gasteiger charge is 2.10. The van der Waals surface area contributed by atoms with E-state index in [0.717, 1.165) is 17.9 Å². The molecule has 0 saturated carbocycles. The van der Waals surface area contributed by atoms with Gasteiger partial charge in [0.1, 0.15) is 0 Å². The topological polar surface area (TPSA) is 55.2 Å². The molecule has 5 heteroatoms. The van der Waals surface area contributed by atoms with Crippen LogP contribution in [0.3, 0.4) is 0 Å². The lowest BCUT2D eigenvalue weighted by Gasteiger charge is -2.14. The van der Waals surface area contributed by atoms with Crippen molar-refractivity contribution in [3.05, 3.63) is 27.1 Å². The summed E-state index contributed by atoms with van der Waals surface area (Å²) < 4.78 is 0. The van der Waals surface area contributed by atoms with Gasteiger partial charge in [0.2, 0.25) is 0 Å². The zero-order valence-corrected chi connectivity index (χ0v) is 11.4. The van der Waals surface area contributed by atoms with Gasteiger partial charge in [-0.2, -0.15) is 0 Å². The lowest BCUT2D eigenvalue weighted by atomic mass is 10.0. The summed E-state index contributed by atoms with van der Waals surface area (Å²) in [5.41, 5.74) is 0.998. The van der Waals surface area contributed by atoms with Crippen molar-refractivity contribution in [2.24, 2.45) is 5.92 Å². The molecule has 96 valence electrons. The van der Waals surface area contributed by atoms with E-state index in [1.807, 2.05) is 5.38 Å². The Morgan fingerprint density at radius 2 is 2.12 bits per heavy atom. The lowest BCUT2D eigenvalue weighted by molar-refractivity contribution is -0.380. The van der Waals surface area contributed by atoms with Crippen LogP contribution >= 0.6 is 11.3 Å². The molecule has 0 aliphatic heterocycles. The molecule has 0 aliphatic rings. The summed E-state index contributed by atoms with van der Waals surface area (Å²) in [5, 5.41) is 16.0. The third kappa shape index (κ3) is 5.28.